The molecule has 90 valence electrons. The second kappa shape index (κ2) is 5.90. The normalized spacial score (nSPS) is 14.6. The highest BCUT2D eigenvalue weighted by Gasteiger charge is 2.17. The molecule has 0 saturated carbocycles. The zero-order chi connectivity index (χ0) is 12.1. The number of rotatable bonds is 5. The van der Waals surface area contributed by atoms with Gasteiger partial charge in [0.05, 0.1) is 7.11 Å². The SMILES string of the molecule is CCCC(C)C(N)c1cc(C)ccc1OC. The van der Waals surface area contributed by atoms with Crippen LogP contribution in [0.25, 0.3) is 0 Å². The van der Waals surface area contributed by atoms with E-state index >= 15 is 0 Å². The van der Waals surface area contributed by atoms with Gasteiger partial charge >= 0.3 is 0 Å². The smallest absolute Gasteiger partial charge is 0.123 e. The lowest BCUT2D eigenvalue weighted by Gasteiger charge is -2.22. The van der Waals surface area contributed by atoms with Crippen LogP contribution in [0.1, 0.15) is 43.9 Å². The summed E-state index contributed by atoms with van der Waals surface area (Å²) in [5, 5.41) is 0. The molecule has 2 N–H and O–H groups in total. The first-order chi connectivity index (χ1) is 7.60. The summed E-state index contributed by atoms with van der Waals surface area (Å²) < 4.78 is 5.37. The van der Waals surface area contributed by atoms with Crippen molar-refractivity contribution in [1.82, 2.24) is 0 Å². The van der Waals surface area contributed by atoms with Crippen LogP contribution in [0.4, 0.5) is 0 Å². The van der Waals surface area contributed by atoms with Gasteiger partial charge in [0.25, 0.3) is 0 Å². The fraction of sp³-hybridized carbons (Fsp3) is 0.571. The van der Waals surface area contributed by atoms with Gasteiger partial charge in [-0.3, -0.25) is 0 Å². The highest BCUT2D eigenvalue weighted by Crippen LogP contribution is 2.30. The highest BCUT2D eigenvalue weighted by molar-refractivity contribution is 5.39. The molecule has 1 rings (SSSR count). The van der Waals surface area contributed by atoms with Gasteiger partial charge in [0.15, 0.2) is 0 Å². The Morgan fingerprint density at radius 2 is 2.06 bits per heavy atom. The van der Waals surface area contributed by atoms with Gasteiger partial charge in [-0.05, 0) is 25.3 Å². The average Bonchev–Trinajstić information content (AvgIpc) is 2.28. The molecule has 0 fully saturated rings. The van der Waals surface area contributed by atoms with Crippen LogP contribution >= 0.6 is 0 Å². The molecule has 0 aliphatic rings. The van der Waals surface area contributed by atoms with Crippen molar-refractivity contribution in [3.8, 4) is 5.75 Å². The molecular weight excluding hydrogens is 198 g/mol. The maximum Gasteiger partial charge on any atom is 0.123 e. The van der Waals surface area contributed by atoms with Crippen LogP contribution in [0.15, 0.2) is 18.2 Å². The lowest BCUT2D eigenvalue weighted by atomic mass is 9.90. The Kier molecular flexibility index (Phi) is 4.81. The van der Waals surface area contributed by atoms with Crippen molar-refractivity contribution in [3.63, 3.8) is 0 Å². The molecule has 16 heavy (non-hydrogen) atoms. The molecule has 0 saturated heterocycles. The number of ether oxygens (including phenoxy) is 1. The van der Waals surface area contributed by atoms with Crippen molar-refractivity contribution in [2.75, 3.05) is 7.11 Å². The Hall–Kier alpha value is -1.02. The monoisotopic (exact) mass is 221 g/mol. The van der Waals surface area contributed by atoms with Crippen molar-refractivity contribution in [2.24, 2.45) is 11.7 Å². The summed E-state index contributed by atoms with van der Waals surface area (Å²) in [5.74, 6) is 1.39. The van der Waals surface area contributed by atoms with E-state index < -0.39 is 0 Å². The number of hydrogen-bond acceptors (Lipinski definition) is 2. The summed E-state index contributed by atoms with van der Waals surface area (Å²) >= 11 is 0. The van der Waals surface area contributed by atoms with Gasteiger partial charge in [0.2, 0.25) is 0 Å². The molecule has 0 aliphatic heterocycles. The number of hydrogen-bond donors (Lipinski definition) is 1. The van der Waals surface area contributed by atoms with Gasteiger partial charge in [-0.2, -0.15) is 0 Å². The molecule has 0 amide bonds. The van der Waals surface area contributed by atoms with Gasteiger partial charge in [-0.15, -0.1) is 0 Å². The molecule has 2 heteroatoms. The minimum absolute atomic E-state index is 0.0646. The molecule has 2 atom stereocenters. The van der Waals surface area contributed by atoms with Crippen LogP contribution in [0.3, 0.4) is 0 Å². The van der Waals surface area contributed by atoms with E-state index in [9.17, 15) is 0 Å². The zero-order valence-corrected chi connectivity index (χ0v) is 10.8. The van der Waals surface area contributed by atoms with E-state index in [-0.39, 0.29) is 6.04 Å². The number of methoxy groups -OCH3 is 1. The van der Waals surface area contributed by atoms with Gasteiger partial charge in [0, 0.05) is 11.6 Å². The van der Waals surface area contributed by atoms with E-state index in [2.05, 4.69) is 32.9 Å². The van der Waals surface area contributed by atoms with E-state index in [0.29, 0.717) is 5.92 Å². The van der Waals surface area contributed by atoms with E-state index in [1.807, 2.05) is 6.07 Å². The predicted molar refractivity (Wildman–Crippen MR) is 68.7 cm³/mol. The lowest BCUT2D eigenvalue weighted by molar-refractivity contribution is 0.382. The molecule has 0 aromatic heterocycles. The quantitative estimate of drug-likeness (QED) is 0.826. The largest absolute Gasteiger partial charge is 0.496 e. The first-order valence-electron chi connectivity index (χ1n) is 6.00. The molecule has 2 unspecified atom stereocenters. The molecular formula is C14H23NO. The second-order valence-corrected chi connectivity index (χ2v) is 4.54. The number of benzene rings is 1. The first-order valence-corrected chi connectivity index (χ1v) is 6.00. The Bertz CT molecular complexity index is 336. The van der Waals surface area contributed by atoms with Crippen molar-refractivity contribution >= 4 is 0 Å². The van der Waals surface area contributed by atoms with Crippen molar-refractivity contribution < 1.29 is 4.74 Å². The maximum atomic E-state index is 6.29. The van der Waals surface area contributed by atoms with Crippen molar-refractivity contribution in [1.29, 1.82) is 0 Å². The van der Waals surface area contributed by atoms with Crippen LogP contribution in [-0.2, 0) is 0 Å². The Labute approximate surface area is 98.8 Å². The summed E-state index contributed by atoms with van der Waals surface area (Å²) in [6, 6.07) is 6.26. The fourth-order valence-electron chi connectivity index (χ4n) is 2.06. The van der Waals surface area contributed by atoms with Crippen LogP contribution in [0.2, 0.25) is 0 Å². The Balaban J connectivity index is 2.96. The lowest BCUT2D eigenvalue weighted by Crippen LogP contribution is -2.19. The van der Waals surface area contributed by atoms with E-state index in [1.54, 1.807) is 7.11 Å². The Morgan fingerprint density at radius 3 is 2.62 bits per heavy atom. The van der Waals surface area contributed by atoms with Crippen molar-refractivity contribution in [3.05, 3.63) is 29.3 Å². The third-order valence-corrected chi connectivity index (χ3v) is 3.10. The molecule has 0 bridgehead atoms. The highest BCUT2D eigenvalue weighted by atomic mass is 16.5. The molecule has 1 aromatic rings. The minimum atomic E-state index is 0.0646. The van der Waals surface area contributed by atoms with Gasteiger partial charge in [-0.25, -0.2) is 0 Å². The van der Waals surface area contributed by atoms with E-state index in [0.717, 1.165) is 17.7 Å². The van der Waals surface area contributed by atoms with Crippen LogP contribution in [0.5, 0.6) is 5.75 Å². The average molecular weight is 221 g/mol. The van der Waals surface area contributed by atoms with Crippen LogP contribution < -0.4 is 10.5 Å². The molecule has 0 spiro atoms. The summed E-state index contributed by atoms with van der Waals surface area (Å²) in [6.45, 7) is 6.48. The molecule has 0 aliphatic carbocycles. The first kappa shape index (κ1) is 13.0. The minimum Gasteiger partial charge on any atom is -0.496 e. The Morgan fingerprint density at radius 1 is 1.38 bits per heavy atom. The third-order valence-electron chi connectivity index (χ3n) is 3.10. The molecule has 1 aromatic carbocycles. The topological polar surface area (TPSA) is 35.2 Å². The summed E-state index contributed by atoms with van der Waals surface area (Å²) in [5.41, 5.74) is 8.65. The van der Waals surface area contributed by atoms with E-state index in [4.69, 9.17) is 10.5 Å². The standard InChI is InChI=1S/C14H23NO/c1-5-6-11(3)14(15)12-9-10(2)7-8-13(12)16-4/h7-9,11,14H,5-6,15H2,1-4H3. The maximum absolute atomic E-state index is 6.29. The number of nitrogens with two attached hydrogens (primary N) is 1. The van der Waals surface area contributed by atoms with Gasteiger partial charge in [0.1, 0.15) is 5.75 Å². The van der Waals surface area contributed by atoms with E-state index in [1.165, 1.54) is 12.0 Å². The van der Waals surface area contributed by atoms with Crippen LogP contribution in [-0.4, -0.2) is 7.11 Å². The van der Waals surface area contributed by atoms with Gasteiger partial charge in [-0.1, -0.05) is 38.0 Å². The molecule has 0 radical (unpaired) electrons. The zero-order valence-electron chi connectivity index (χ0n) is 10.8. The molecule has 0 heterocycles. The summed E-state index contributed by atoms with van der Waals surface area (Å²) in [7, 11) is 1.70. The van der Waals surface area contributed by atoms with Gasteiger partial charge < -0.3 is 10.5 Å². The summed E-state index contributed by atoms with van der Waals surface area (Å²) in [4.78, 5) is 0. The fourth-order valence-corrected chi connectivity index (χ4v) is 2.06. The molecule has 2 nitrogen and oxygen atoms in total. The van der Waals surface area contributed by atoms with Crippen LogP contribution in [0, 0.1) is 12.8 Å². The third kappa shape index (κ3) is 2.99. The second-order valence-electron chi connectivity index (χ2n) is 4.54. The predicted octanol–water partition coefficient (Wildman–Crippen LogP) is 3.44. The van der Waals surface area contributed by atoms with Crippen molar-refractivity contribution in [2.45, 2.75) is 39.7 Å². The summed E-state index contributed by atoms with van der Waals surface area (Å²) in [6.07, 6.45) is 2.32. The number of aryl methyl sites for hydroxylation is 1.